The molecule has 0 bridgehead atoms. The molecule has 3 rings (SSSR count). The summed E-state index contributed by atoms with van der Waals surface area (Å²) in [7, 11) is 0. The van der Waals surface area contributed by atoms with E-state index in [0.717, 1.165) is 18.6 Å². The smallest absolute Gasteiger partial charge is 0.313 e. The number of hydrogen-bond donors (Lipinski definition) is 1. The van der Waals surface area contributed by atoms with Gasteiger partial charge in [0.25, 0.3) is 5.91 Å². The van der Waals surface area contributed by atoms with Crippen LogP contribution in [0.25, 0.3) is 10.9 Å². The van der Waals surface area contributed by atoms with Crippen molar-refractivity contribution in [2.24, 2.45) is 0 Å². The van der Waals surface area contributed by atoms with Crippen LogP contribution in [0.2, 0.25) is 5.02 Å². The van der Waals surface area contributed by atoms with Crippen LogP contribution >= 0.6 is 11.6 Å². The average molecular weight is 450 g/mol. The Kier molecular flexibility index (Phi) is 6.65. The molecule has 1 atom stereocenters. The standard InChI is InChI=1S/C23H22ClF2NO4/c1-4-5-10-31-23(30)12(2)19-13(3)27(17-8-9-18(28)21(26)20(17)19)22(29)14-6-7-15(24)16(25)11-14/h6-9,11-12,28H,4-5,10H2,1-3H3/t12-/m1/s1. The normalized spacial score (nSPS) is 12.2. The van der Waals surface area contributed by atoms with Gasteiger partial charge in [-0.1, -0.05) is 24.9 Å². The number of rotatable bonds is 6. The van der Waals surface area contributed by atoms with E-state index in [-0.39, 0.29) is 33.7 Å². The number of phenols is 1. The Morgan fingerprint density at radius 1 is 1.23 bits per heavy atom. The molecule has 8 heteroatoms. The minimum Gasteiger partial charge on any atom is -0.505 e. The van der Waals surface area contributed by atoms with Crippen LogP contribution in [0.5, 0.6) is 5.75 Å². The quantitative estimate of drug-likeness (QED) is 0.386. The highest BCUT2D eigenvalue weighted by atomic mass is 35.5. The van der Waals surface area contributed by atoms with E-state index in [1.54, 1.807) is 13.8 Å². The van der Waals surface area contributed by atoms with Gasteiger partial charge < -0.3 is 9.84 Å². The summed E-state index contributed by atoms with van der Waals surface area (Å²) < 4.78 is 35.4. The molecule has 5 nitrogen and oxygen atoms in total. The van der Waals surface area contributed by atoms with Gasteiger partial charge in [-0.05, 0) is 56.2 Å². The summed E-state index contributed by atoms with van der Waals surface area (Å²) in [6.07, 6.45) is 1.53. The number of unbranched alkanes of at least 4 members (excludes halogenated alkanes) is 1. The number of ether oxygens (including phenoxy) is 1. The van der Waals surface area contributed by atoms with Gasteiger partial charge in [-0.3, -0.25) is 14.2 Å². The SMILES string of the molecule is CCCCOC(=O)[C@H](C)c1c(C)n(C(=O)c2ccc(Cl)c(F)c2)c2ccc(O)c(F)c12. The van der Waals surface area contributed by atoms with Crippen molar-refractivity contribution in [1.82, 2.24) is 4.57 Å². The molecule has 0 fully saturated rings. The topological polar surface area (TPSA) is 68.5 Å². The summed E-state index contributed by atoms with van der Waals surface area (Å²) in [5, 5.41) is 9.72. The number of phenolic OH excluding ortho intramolecular Hbond substituents is 1. The molecule has 0 aliphatic rings. The molecule has 1 N–H and O–H groups in total. The molecular formula is C23H22ClF2NO4. The summed E-state index contributed by atoms with van der Waals surface area (Å²) in [5.74, 6) is -4.41. The predicted molar refractivity (Wildman–Crippen MR) is 114 cm³/mol. The van der Waals surface area contributed by atoms with Gasteiger partial charge in [0.05, 0.1) is 23.1 Å². The molecule has 164 valence electrons. The minimum atomic E-state index is -0.947. The van der Waals surface area contributed by atoms with Crippen LogP contribution in [0.1, 0.15) is 54.2 Å². The van der Waals surface area contributed by atoms with Crippen LogP contribution in [0.4, 0.5) is 8.78 Å². The maximum absolute atomic E-state index is 15.0. The number of hydrogen-bond acceptors (Lipinski definition) is 4. The highest BCUT2D eigenvalue weighted by Crippen LogP contribution is 2.37. The first-order valence-corrected chi connectivity index (χ1v) is 10.3. The van der Waals surface area contributed by atoms with Crippen molar-refractivity contribution in [3.8, 4) is 5.75 Å². The lowest BCUT2D eigenvalue weighted by molar-refractivity contribution is -0.145. The Balaban J connectivity index is 2.18. The fraction of sp³-hybridized carbons (Fsp3) is 0.304. The molecule has 0 radical (unpaired) electrons. The molecule has 0 aliphatic heterocycles. The summed E-state index contributed by atoms with van der Waals surface area (Å²) in [5.41, 5.74) is 0.670. The fourth-order valence-electron chi connectivity index (χ4n) is 3.59. The zero-order valence-corrected chi connectivity index (χ0v) is 18.1. The Hall–Kier alpha value is -2.93. The van der Waals surface area contributed by atoms with Gasteiger partial charge in [0, 0.05) is 16.6 Å². The Labute approximate surface area is 183 Å². The van der Waals surface area contributed by atoms with Crippen molar-refractivity contribution >= 4 is 34.4 Å². The first kappa shape index (κ1) is 22.7. The van der Waals surface area contributed by atoms with Crippen LogP contribution in [-0.2, 0) is 9.53 Å². The highest BCUT2D eigenvalue weighted by molar-refractivity contribution is 6.30. The van der Waals surface area contributed by atoms with Crippen LogP contribution in [0, 0.1) is 18.6 Å². The van der Waals surface area contributed by atoms with Crippen molar-refractivity contribution in [3.63, 3.8) is 0 Å². The molecule has 2 aromatic carbocycles. The minimum absolute atomic E-state index is 0.000101. The Bertz CT molecular complexity index is 1170. The van der Waals surface area contributed by atoms with E-state index in [2.05, 4.69) is 0 Å². The third-order valence-corrected chi connectivity index (χ3v) is 5.54. The second-order valence-corrected chi connectivity index (χ2v) is 7.71. The third-order valence-electron chi connectivity index (χ3n) is 5.23. The van der Waals surface area contributed by atoms with Gasteiger partial charge in [-0.25, -0.2) is 8.78 Å². The Morgan fingerprint density at radius 2 is 1.94 bits per heavy atom. The van der Waals surface area contributed by atoms with Crippen molar-refractivity contribution in [2.75, 3.05) is 6.61 Å². The maximum atomic E-state index is 15.0. The molecule has 31 heavy (non-hydrogen) atoms. The van der Waals surface area contributed by atoms with Gasteiger partial charge in [-0.15, -0.1) is 0 Å². The fourth-order valence-corrected chi connectivity index (χ4v) is 3.71. The molecule has 0 saturated heterocycles. The molecule has 0 saturated carbocycles. The van der Waals surface area contributed by atoms with E-state index in [1.165, 1.54) is 22.8 Å². The highest BCUT2D eigenvalue weighted by Gasteiger charge is 2.30. The summed E-state index contributed by atoms with van der Waals surface area (Å²) in [4.78, 5) is 25.8. The molecule has 1 aromatic heterocycles. The van der Waals surface area contributed by atoms with Gasteiger partial charge in [0.15, 0.2) is 11.6 Å². The van der Waals surface area contributed by atoms with E-state index < -0.39 is 35.2 Å². The molecule has 3 aromatic rings. The third kappa shape index (κ3) is 4.14. The first-order chi connectivity index (χ1) is 14.7. The van der Waals surface area contributed by atoms with Crippen LogP contribution in [0.3, 0.4) is 0 Å². The molecule has 0 amide bonds. The second kappa shape index (κ2) is 9.06. The van der Waals surface area contributed by atoms with Crippen molar-refractivity contribution in [2.45, 2.75) is 39.5 Å². The molecule has 0 unspecified atom stereocenters. The molecular weight excluding hydrogens is 428 g/mol. The number of benzene rings is 2. The van der Waals surface area contributed by atoms with E-state index >= 15 is 0 Å². The zero-order chi connectivity index (χ0) is 22.9. The predicted octanol–water partition coefficient (Wildman–Crippen LogP) is 5.72. The van der Waals surface area contributed by atoms with E-state index in [0.29, 0.717) is 12.1 Å². The maximum Gasteiger partial charge on any atom is 0.313 e. The van der Waals surface area contributed by atoms with Gasteiger partial charge >= 0.3 is 5.97 Å². The lowest BCUT2D eigenvalue weighted by atomic mass is 9.97. The van der Waals surface area contributed by atoms with E-state index in [9.17, 15) is 23.5 Å². The molecule has 1 heterocycles. The molecule has 0 spiro atoms. The van der Waals surface area contributed by atoms with Crippen LogP contribution < -0.4 is 0 Å². The van der Waals surface area contributed by atoms with Gasteiger partial charge in [-0.2, -0.15) is 0 Å². The lowest BCUT2D eigenvalue weighted by Gasteiger charge is -2.13. The van der Waals surface area contributed by atoms with Crippen molar-refractivity contribution in [1.29, 1.82) is 0 Å². The number of carbonyl (C=O) groups excluding carboxylic acids is 2. The average Bonchev–Trinajstić information content (AvgIpc) is 3.04. The van der Waals surface area contributed by atoms with Crippen molar-refractivity contribution in [3.05, 3.63) is 63.8 Å². The first-order valence-electron chi connectivity index (χ1n) is 9.87. The number of fused-ring (bicyclic) bond motifs is 1. The number of esters is 1. The lowest BCUT2D eigenvalue weighted by Crippen LogP contribution is -2.17. The monoisotopic (exact) mass is 449 g/mol. The van der Waals surface area contributed by atoms with Gasteiger partial charge in [0.2, 0.25) is 0 Å². The van der Waals surface area contributed by atoms with E-state index in [1.807, 2.05) is 6.92 Å². The number of nitrogens with zero attached hydrogens (tertiary/aromatic N) is 1. The number of carbonyl (C=O) groups is 2. The van der Waals surface area contributed by atoms with Crippen molar-refractivity contribution < 1.29 is 28.2 Å². The number of halogens is 3. The second-order valence-electron chi connectivity index (χ2n) is 7.30. The number of aromatic nitrogens is 1. The number of aromatic hydroxyl groups is 1. The Morgan fingerprint density at radius 3 is 2.58 bits per heavy atom. The van der Waals surface area contributed by atoms with Gasteiger partial charge in [0.1, 0.15) is 5.82 Å². The zero-order valence-electron chi connectivity index (χ0n) is 17.3. The van der Waals surface area contributed by atoms with Crippen LogP contribution in [-0.4, -0.2) is 28.2 Å². The largest absolute Gasteiger partial charge is 0.505 e. The summed E-state index contributed by atoms with van der Waals surface area (Å²) in [6, 6.07) is 6.11. The summed E-state index contributed by atoms with van der Waals surface area (Å²) in [6.45, 7) is 5.30. The molecule has 0 aliphatic carbocycles. The summed E-state index contributed by atoms with van der Waals surface area (Å²) >= 11 is 5.71. The van der Waals surface area contributed by atoms with E-state index in [4.69, 9.17) is 16.3 Å². The van der Waals surface area contributed by atoms with Crippen LogP contribution in [0.15, 0.2) is 30.3 Å².